The second kappa shape index (κ2) is 7.84. The van der Waals surface area contributed by atoms with Crippen LogP contribution in [-0.2, 0) is 0 Å². The van der Waals surface area contributed by atoms with Crippen LogP contribution in [0.25, 0.3) is 5.65 Å². The van der Waals surface area contributed by atoms with Crippen molar-refractivity contribution >= 4 is 34.8 Å². The van der Waals surface area contributed by atoms with Crippen molar-refractivity contribution in [1.82, 2.24) is 19.6 Å². The highest BCUT2D eigenvalue weighted by Gasteiger charge is 2.21. The summed E-state index contributed by atoms with van der Waals surface area (Å²) in [4.78, 5) is 21.5. The molecule has 7 nitrogen and oxygen atoms in total. The van der Waals surface area contributed by atoms with E-state index < -0.39 is 6.10 Å². The van der Waals surface area contributed by atoms with Crippen molar-refractivity contribution in [2.24, 2.45) is 5.92 Å². The number of nitrogens with zero attached hydrogens (tertiary/aromatic N) is 4. The number of aliphatic hydroxyl groups excluding tert-OH is 1. The fraction of sp³-hybridized carbons (Fsp3) is 0.333. The molecule has 26 heavy (non-hydrogen) atoms. The Balaban J connectivity index is 1.97. The minimum Gasteiger partial charge on any atom is -0.385 e. The van der Waals surface area contributed by atoms with Crippen molar-refractivity contribution in [2.75, 3.05) is 11.6 Å². The van der Waals surface area contributed by atoms with E-state index in [2.05, 4.69) is 20.4 Å². The van der Waals surface area contributed by atoms with E-state index in [4.69, 9.17) is 0 Å². The van der Waals surface area contributed by atoms with Crippen LogP contribution in [0.5, 0.6) is 0 Å². The average molecular weight is 371 g/mol. The zero-order chi connectivity index (χ0) is 18.7. The van der Waals surface area contributed by atoms with Gasteiger partial charge in [-0.3, -0.25) is 4.79 Å². The Bertz CT molecular complexity index is 925. The summed E-state index contributed by atoms with van der Waals surface area (Å²) in [5.41, 5.74) is 1.66. The average Bonchev–Trinajstić information content (AvgIpc) is 3.09. The maximum Gasteiger partial charge on any atom is 0.232 e. The van der Waals surface area contributed by atoms with Gasteiger partial charge in [-0.05, 0) is 30.7 Å². The molecule has 0 aliphatic carbocycles. The molecule has 0 saturated carbocycles. The third kappa shape index (κ3) is 3.86. The minimum absolute atomic E-state index is 0.226. The normalized spacial score (nSPS) is 12.5. The van der Waals surface area contributed by atoms with E-state index in [-0.39, 0.29) is 11.7 Å². The van der Waals surface area contributed by atoms with Gasteiger partial charge in [-0.2, -0.15) is 14.6 Å². The number of hydrogen-bond donors (Lipinski definition) is 2. The molecule has 0 spiro atoms. The van der Waals surface area contributed by atoms with Gasteiger partial charge < -0.3 is 10.4 Å². The SMILES string of the molecule is CSc1nc(Nc2ccccc2C(=O)C(O)CC(C)C)n2nccc2n1. The molecule has 0 bridgehead atoms. The van der Waals surface area contributed by atoms with Crippen LogP contribution in [0.4, 0.5) is 11.6 Å². The first kappa shape index (κ1) is 18.3. The first-order valence-electron chi connectivity index (χ1n) is 8.33. The van der Waals surface area contributed by atoms with Gasteiger partial charge in [0.25, 0.3) is 0 Å². The minimum atomic E-state index is -1.03. The summed E-state index contributed by atoms with van der Waals surface area (Å²) < 4.78 is 1.57. The molecule has 0 aliphatic rings. The van der Waals surface area contributed by atoms with Gasteiger partial charge in [0.1, 0.15) is 6.10 Å². The lowest BCUT2D eigenvalue weighted by atomic mass is 9.97. The second-order valence-corrected chi connectivity index (χ2v) is 7.09. The fourth-order valence-corrected chi connectivity index (χ4v) is 3.00. The molecule has 0 fully saturated rings. The van der Waals surface area contributed by atoms with Crippen molar-refractivity contribution < 1.29 is 9.90 Å². The number of carbonyl (C=O) groups is 1. The molecule has 1 unspecified atom stereocenters. The maximum atomic E-state index is 12.7. The third-order valence-electron chi connectivity index (χ3n) is 3.85. The smallest absolute Gasteiger partial charge is 0.232 e. The predicted molar refractivity (Wildman–Crippen MR) is 102 cm³/mol. The molecular formula is C18H21N5O2S. The van der Waals surface area contributed by atoms with Gasteiger partial charge in [0.2, 0.25) is 5.95 Å². The summed E-state index contributed by atoms with van der Waals surface area (Å²) >= 11 is 1.42. The van der Waals surface area contributed by atoms with Crippen molar-refractivity contribution in [3.8, 4) is 0 Å². The lowest BCUT2D eigenvalue weighted by Crippen LogP contribution is -2.23. The van der Waals surface area contributed by atoms with E-state index in [1.807, 2.05) is 26.2 Å². The molecule has 136 valence electrons. The molecule has 0 amide bonds. The number of benzene rings is 1. The van der Waals surface area contributed by atoms with Gasteiger partial charge in [-0.1, -0.05) is 37.7 Å². The quantitative estimate of drug-likeness (QED) is 0.487. The van der Waals surface area contributed by atoms with Gasteiger partial charge in [-0.15, -0.1) is 0 Å². The molecular weight excluding hydrogens is 350 g/mol. The molecule has 0 radical (unpaired) electrons. The van der Waals surface area contributed by atoms with Gasteiger partial charge in [0.15, 0.2) is 16.6 Å². The number of Topliss-reactive ketones (excluding diaryl/α,β-unsaturated/α-hetero) is 1. The number of thioether (sulfide) groups is 1. The number of fused-ring (bicyclic) bond motifs is 1. The van der Waals surface area contributed by atoms with E-state index >= 15 is 0 Å². The number of ketones is 1. The number of aliphatic hydroxyl groups is 1. The van der Waals surface area contributed by atoms with Crippen LogP contribution < -0.4 is 5.32 Å². The second-order valence-electron chi connectivity index (χ2n) is 6.32. The van der Waals surface area contributed by atoms with Gasteiger partial charge in [-0.25, -0.2) is 4.98 Å². The summed E-state index contributed by atoms with van der Waals surface area (Å²) in [5, 5.41) is 18.2. The Morgan fingerprint density at radius 2 is 2.04 bits per heavy atom. The standard InChI is InChI=1S/C18H21N5O2S/c1-11(2)10-14(24)16(25)12-6-4-5-7-13(12)20-17-22-18(26-3)21-15-8-9-19-23(15)17/h4-9,11,14,24H,10H2,1-3H3,(H,20,21,22). The van der Waals surface area contributed by atoms with Crippen molar-refractivity contribution in [3.05, 3.63) is 42.1 Å². The Morgan fingerprint density at radius 1 is 1.27 bits per heavy atom. The van der Waals surface area contributed by atoms with Gasteiger partial charge in [0, 0.05) is 11.6 Å². The summed E-state index contributed by atoms with van der Waals surface area (Å²) in [6.07, 6.45) is 2.92. The van der Waals surface area contributed by atoms with Gasteiger partial charge >= 0.3 is 0 Å². The summed E-state index contributed by atoms with van der Waals surface area (Å²) in [6.45, 7) is 3.94. The highest BCUT2D eigenvalue weighted by Crippen LogP contribution is 2.24. The lowest BCUT2D eigenvalue weighted by molar-refractivity contribution is 0.0705. The van der Waals surface area contributed by atoms with Gasteiger partial charge in [0.05, 0.1) is 11.9 Å². The summed E-state index contributed by atoms with van der Waals surface area (Å²) in [7, 11) is 0. The van der Waals surface area contributed by atoms with Crippen LogP contribution in [-0.4, -0.2) is 42.8 Å². The fourth-order valence-electron chi connectivity index (χ4n) is 2.64. The number of rotatable bonds is 7. The van der Waals surface area contributed by atoms with Crippen LogP contribution in [0.1, 0.15) is 30.6 Å². The molecule has 2 heterocycles. The van der Waals surface area contributed by atoms with Crippen LogP contribution in [0.15, 0.2) is 41.7 Å². The number of anilines is 2. The Hall–Kier alpha value is -2.45. The number of para-hydroxylation sites is 1. The largest absolute Gasteiger partial charge is 0.385 e. The first-order chi connectivity index (χ1) is 12.5. The lowest BCUT2D eigenvalue weighted by Gasteiger charge is -2.16. The van der Waals surface area contributed by atoms with E-state index in [0.29, 0.717) is 34.4 Å². The van der Waals surface area contributed by atoms with Crippen LogP contribution in [0.2, 0.25) is 0 Å². The number of aromatic nitrogens is 4. The Labute approximate surface area is 155 Å². The number of carbonyl (C=O) groups excluding carboxylic acids is 1. The molecule has 3 aromatic rings. The van der Waals surface area contributed by atoms with Crippen LogP contribution in [0.3, 0.4) is 0 Å². The Morgan fingerprint density at radius 3 is 2.77 bits per heavy atom. The molecule has 2 N–H and O–H groups in total. The Kier molecular flexibility index (Phi) is 5.53. The van der Waals surface area contributed by atoms with E-state index in [1.54, 1.807) is 35.0 Å². The van der Waals surface area contributed by atoms with Crippen LogP contribution in [0, 0.1) is 5.92 Å². The van der Waals surface area contributed by atoms with E-state index in [0.717, 1.165) is 0 Å². The molecule has 1 aromatic carbocycles. The molecule has 2 aromatic heterocycles. The molecule has 3 rings (SSSR count). The van der Waals surface area contributed by atoms with Crippen molar-refractivity contribution in [1.29, 1.82) is 0 Å². The van der Waals surface area contributed by atoms with E-state index in [1.165, 1.54) is 11.8 Å². The first-order valence-corrected chi connectivity index (χ1v) is 9.56. The summed E-state index contributed by atoms with van der Waals surface area (Å²) in [5.74, 6) is 0.379. The topological polar surface area (TPSA) is 92.4 Å². The third-order valence-corrected chi connectivity index (χ3v) is 4.40. The molecule has 0 saturated heterocycles. The monoisotopic (exact) mass is 371 g/mol. The molecule has 0 aliphatic heterocycles. The number of nitrogens with one attached hydrogen (secondary N) is 1. The zero-order valence-corrected chi connectivity index (χ0v) is 15.7. The van der Waals surface area contributed by atoms with E-state index in [9.17, 15) is 9.90 Å². The van der Waals surface area contributed by atoms with Crippen molar-refractivity contribution in [2.45, 2.75) is 31.5 Å². The van der Waals surface area contributed by atoms with Crippen molar-refractivity contribution in [3.63, 3.8) is 0 Å². The number of hydrogen-bond acceptors (Lipinski definition) is 7. The molecule has 1 atom stereocenters. The summed E-state index contributed by atoms with van der Waals surface area (Å²) in [6, 6.07) is 8.87. The van der Waals surface area contributed by atoms with Crippen LogP contribution >= 0.6 is 11.8 Å². The highest BCUT2D eigenvalue weighted by atomic mass is 32.2. The zero-order valence-electron chi connectivity index (χ0n) is 14.9. The maximum absolute atomic E-state index is 12.7. The predicted octanol–water partition coefficient (Wildman–Crippen LogP) is 3.18. The highest BCUT2D eigenvalue weighted by molar-refractivity contribution is 7.98. The molecule has 8 heteroatoms.